The topological polar surface area (TPSA) is 104 Å². The molecule has 0 aliphatic heterocycles. The largest absolute Gasteiger partial charge is 0.304 e. The van der Waals surface area contributed by atoms with Gasteiger partial charge >= 0.3 is 0 Å². The maximum Gasteiger partial charge on any atom is 0.162 e. The summed E-state index contributed by atoms with van der Waals surface area (Å²) in [7, 11) is 0. The smallest absolute Gasteiger partial charge is 0.162 e. The molecule has 0 amide bonds. The third kappa shape index (κ3) is 4.67. The first kappa shape index (κ1) is 27.6. The third-order valence-corrected chi connectivity index (χ3v) is 8.30. The van der Waals surface area contributed by atoms with E-state index < -0.39 is 0 Å². The highest BCUT2D eigenvalue weighted by Gasteiger charge is 2.26. The first-order valence-corrected chi connectivity index (χ1v) is 15.0. The Morgan fingerprint density at radius 1 is 0.553 bits per heavy atom. The van der Waals surface area contributed by atoms with Gasteiger partial charge in [-0.05, 0) is 29.8 Å². The van der Waals surface area contributed by atoms with Crippen LogP contribution in [-0.4, -0.2) is 24.5 Å². The van der Waals surface area contributed by atoms with E-state index in [0.717, 1.165) is 49.9 Å². The molecular weight excluding hydrogens is 578 g/mol. The molecule has 0 saturated carbocycles. The fourth-order valence-corrected chi connectivity index (χ4v) is 6.21. The number of rotatable bonds is 5. The monoisotopic (exact) mass is 601 g/mol. The summed E-state index contributed by atoms with van der Waals surface area (Å²) in [5, 5.41) is 23.5. The van der Waals surface area contributed by atoms with Crippen LogP contribution in [0, 0.1) is 22.7 Å². The van der Waals surface area contributed by atoms with Crippen LogP contribution in [0.5, 0.6) is 0 Å². The number of aromatic nitrogens is 5. The zero-order chi connectivity index (χ0) is 31.7. The van der Waals surface area contributed by atoms with Crippen molar-refractivity contribution < 1.29 is 0 Å². The van der Waals surface area contributed by atoms with Gasteiger partial charge < -0.3 is 4.57 Å². The van der Waals surface area contributed by atoms with E-state index in [-0.39, 0.29) is 0 Å². The average Bonchev–Trinajstić information content (AvgIpc) is 3.48. The highest BCUT2D eigenvalue weighted by molar-refractivity contribution is 6.09. The minimum absolute atomic E-state index is 0.326. The first-order chi connectivity index (χ1) is 23.2. The maximum atomic E-state index is 11.0. The Balaban J connectivity index is 1.55. The van der Waals surface area contributed by atoms with Gasteiger partial charge in [0.1, 0.15) is 6.07 Å². The minimum atomic E-state index is 0.326. The van der Waals surface area contributed by atoms with Gasteiger partial charge in [-0.1, -0.05) is 91.0 Å². The number of pyridine rings is 2. The predicted molar refractivity (Wildman–Crippen MR) is 183 cm³/mol. The summed E-state index contributed by atoms with van der Waals surface area (Å²) in [6, 6.07) is 41.9. The molecule has 47 heavy (non-hydrogen) atoms. The van der Waals surface area contributed by atoms with Gasteiger partial charge in [0.05, 0.1) is 57.7 Å². The van der Waals surface area contributed by atoms with Gasteiger partial charge in [-0.15, -0.1) is 0 Å². The molecule has 0 atom stereocenters. The van der Waals surface area contributed by atoms with Gasteiger partial charge in [0.25, 0.3) is 0 Å². The van der Waals surface area contributed by atoms with Crippen molar-refractivity contribution in [2.75, 3.05) is 0 Å². The Morgan fingerprint density at radius 3 is 1.55 bits per heavy atom. The van der Waals surface area contributed by atoms with E-state index in [1.165, 1.54) is 0 Å². The van der Waals surface area contributed by atoms with Crippen LogP contribution >= 0.6 is 0 Å². The van der Waals surface area contributed by atoms with Crippen LogP contribution in [0.2, 0.25) is 0 Å². The summed E-state index contributed by atoms with van der Waals surface area (Å²) in [5.41, 5.74) is 7.92. The van der Waals surface area contributed by atoms with Gasteiger partial charge in [-0.2, -0.15) is 10.5 Å². The normalized spacial score (nSPS) is 10.9. The van der Waals surface area contributed by atoms with Crippen LogP contribution in [-0.2, 0) is 0 Å². The van der Waals surface area contributed by atoms with E-state index in [2.05, 4.69) is 22.1 Å². The number of nitriles is 2. The second kappa shape index (κ2) is 11.5. The minimum Gasteiger partial charge on any atom is -0.304 e. The lowest BCUT2D eigenvalue weighted by Gasteiger charge is -2.19. The summed E-state index contributed by atoms with van der Waals surface area (Å²) >= 11 is 0. The zero-order valence-electron chi connectivity index (χ0n) is 24.9. The number of hydrogen-bond donors (Lipinski definition) is 0. The highest BCUT2D eigenvalue weighted by Crippen LogP contribution is 2.42. The lowest BCUT2D eigenvalue weighted by atomic mass is 9.90. The molecule has 0 N–H and O–H groups in total. The van der Waals surface area contributed by atoms with Gasteiger partial charge in [0.2, 0.25) is 0 Å². The molecule has 0 aliphatic rings. The van der Waals surface area contributed by atoms with Crippen molar-refractivity contribution in [2.24, 2.45) is 0 Å². The Morgan fingerprint density at radius 2 is 1.06 bits per heavy atom. The molecule has 4 heterocycles. The molecule has 0 radical (unpaired) electrons. The number of hydrogen-bond acceptors (Lipinski definition) is 6. The van der Waals surface area contributed by atoms with Crippen molar-refractivity contribution in [1.29, 1.82) is 10.5 Å². The molecule has 4 aromatic carbocycles. The first-order valence-electron chi connectivity index (χ1n) is 15.0. The van der Waals surface area contributed by atoms with Gasteiger partial charge in [0, 0.05) is 45.4 Å². The molecule has 0 bridgehead atoms. The van der Waals surface area contributed by atoms with E-state index in [1.807, 2.05) is 120 Å². The Labute approximate surface area is 270 Å². The average molecular weight is 602 g/mol. The molecule has 7 heteroatoms. The van der Waals surface area contributed by atoms with Crippen molar-refractivity contribution in [2.45, 2.75) is 0 Å². The lowest BCUT2D eigenvalue weighted by molar-refractivity contribution is 1.12. The van der Waals surface area contributed by atoms with Gasteiger partial charge in [-0.3, -0.25) is 9.97 Å². The third-order valence-electron chi connectivity index (χ3n) is 8.30. The second-order valence-corrected chi connectivity index (χ2v) is 11.0. The molecule has 0 saturated heterocycles. The van der Waals surface area contributed by atoms with E-state index in [0.29, 0.717) is 33.8 Å². The Bertz CT molecular complexity index is 2410. The lowest BCUT2D eigenvalue weighted by Crippen LogP contribution is -2.07. The molecule has 0 fully saturated rings. The fourth-order valence-electron chi connectivity index (χ4n) is 6.21. The van der Waals surface area contributed by atoms with E-state index >= 15 is 0 Å². The van der Waals surface area contributed by atoms with Gasteiger partial charge in [0.15, 0.2) is 5.82 Å². The van der Waals surface area contributed by atoms with Crippen molar-refractivity contribution in [3.63, 3.8) is 0 Å². The van der Waals surface area contributed by atoms with E-state index in [4.69, 9.17) is 9.97 Å². The predicted octanol–water partition coefficient (Wildman–Crippen LogP) is 8.78. The summed E-state index contributed by atoms with van der Waals surface area (Å²) in [5.74, 6) is 0.385. The van der Waals surface area contributed by atoms with Crippen LogP contribution in [0.3, 0.4) is 0 Å². The summed E-state index contributed by atoms with van der Waals surface area (Å²) in [6.07, 6.45) is 7.09. The Hall–Kier alpha value is -6.96. The van der Waals surface area contributed by atoms with Gasteiger partial charge in [-0.25, -0.2) is 9.97 Å². The highest BCUT2D eigenvalue weighted by atomic mass is 15.0. The van der Waals surface area contributed by atoms with Crippen LogP contribution in [0.4, 0.5) is 0 Å². The number of benzene rings is 4. The molecule has 7 nitrogen and oxygen atoms in total. The van der Waals surface area contributed by atoms with Crippen LogP contribution < -0.4 is 0 Å². The van der Waals surface area contributed by atoms with Crippen molar-refractivity contribution >= 4 is 21.8 Å². The summed E-state index contributed by atoms with van der Waals surface area (Å²) < 4.78 is 2.01. The SMILES string of the molecule is N#Cc1cc(-c2nc(-c3ccccc3)cc(-c3ccccc3)n2)c(-n2c3cnccc3c3ccncc32)c(C#N)c1-c1ccccc1. The molecule has 0 unspecified atom stereocenters. The quantitative estimate of drug-likeness (QED) is 0.195. The fraction of sp³-hybridized carbons (Fsp3) is 0. The van der Waals surface area contributed by atoms with Crippen LogP contribution in [0.15, 0.2) is 140 Å². The molecule has 4 aromatic heterocycles. The standard InChI is InChI=1S/C40H23N7/c41-22-29-20-32(40-45-34(26-10-4-1-5-11-26)21-35(46-40)27-12-6-2-7-13-27)39(33(23-42)38(29)28-14-8-3-9-15-28)47-36-24-43-18-16-30(36)31-17-19-44-25-37(31)47/h1-21,24-25H. The summed E-state index contributed by atoms with van der Waals surface area (Å²) in [4.78, 5) is 19.2. The molecule has 0 aliphatic carbocycles. The zero-order valence-corrected chi connectivity index (χ0v) is 24.9. The van der Waals surface area contributed by atoms with E-state index in [1.54, 1.807) is 24.8 Å². The second-order valence-electron chi connectivity index (χ2n) is 11.0. The van der Waals surface area contributed by atoms with Crippen molar-refractivity contribution in [3.8, 4) is 62.9 Å². The molecule has 0 spiro atoms. The molecule has 218 valence electrons. The Kier molecular flexibility index (Phi) is 6.76. The molecular formula is C40H23N7. The summed E-state index contributed by atoms with van der Waals surface area (Å²) in [6.45, 7) is 0. The van der Waals surface area contributed by atoms with Crippen molar-refractivity contribution in [3.05, 3.63) is 151 Å². The number of fused-ring (bicyclic) bond motifs is 3. The number of nitrogens with zero attached hydrogens (tertiary/aromatic N) is 7. The van der Waals surface area contributed by atoms with Crippen LogP contribution in [0.1, 0.15) is 11.1 Å². The maximum absolute atomic E-state index is 11.0. The molecule has 8 rings (SSSR count). The van der Waals surface area contributed by atoms with Crippen LogP contribution in [0.25, 0.3) is 72.5 Å². The van der Waals surface area contributed by atoms with E-state index in [9.17, 15) is 10.5 Å². The molecule has 8 aromatic rings. The van der Waals surface area contributed by atoms with Crippen molar-refractivity contribution in [1.82, 2.24) is 24.5 Å².